The lowest BCUT2D eigenvalue weighted by molar-refractivity contribution is -0.386. The molecule has 172 valence electrons. The van der Waals surface area contributed by atoms with E-state index in [1.165, 1.54) is 63.5 Å². The van der Waals surface area contributed by atoms with E-state index in [0.717, 1.165) is 4.31 Å². The first kappa shape index (κ1) is 23.7. The number of nitro benzene ring substituents is 1. The van der Waals surface area contributed by atoms with E-state index in [1.54, 1.807) is 30.3 Å². The molecule has 1 atom stereocenters. The van der Waals surface area contributed by atoms with Gasteiger partial charge in [-0.1, -0.05) is 24.3 Å². The summed E-state index contributed by atoms with van der Waals surface area (Å²) in [5.41, 5.74) is 0.577. The molecule has 3 aromatic carbocycles. The number of ether oxygens (including phenoxy) is 2. The van der Waals surface area contributed by atoms with E-state index in [1.807, 2.05) is 0 Å². The number of sulfonamides is 1. The summed E-state index contributed by atoms with van der Waals surface area (Å²) in [7, 11) is -1.07. The maximum atomic E-state index is 13.0. The summed E-state index contributed by atoms with van der Waals surface area (Å²) in [4.78, 5) is 23.2. The highest BCUT2D eigenvalue weighted by molar-refractivity contribution is 7.92. The van der Waals surface area contributed by atoms with Gasteiger partial charge in [-0.05, 0) is 49.4 Å². The first-order valence-corrected chi connectivity index (χ1v) is 11.3. The molecule has 0 fully saturated rings. The molecule has 10 heteroatoms. The number of carbonyl (C=O) groups excluding carboxylic acids is 1. The van der Waals surface area contributed by atoms with Gasteiger partial charge in [-0.25, -0.2) is 13.2 Å². The number of benzene rings is 3. The number of methoxy groups -OCH3 is 1. The van der Waals surface area contributed by atoms with E-state index in [9.17, 15) is 23.3 Å². The molecule has 0 saturated heterocycles. The van der Waals surface area contributed by atoms with Crippen LogP contribution in [0, 0.1) is 10.1 Å². The van der Waals surface area contributed by atoms with E-state index in [2.05, 4.69) is 0 Å². The minimum absolute atomic E-state index is 0.0285. The first-order valence-electron chi connectivity index (χ1n) is 9.83. The number of nitro groups is 1. The predicted octanol–water partition coefficient (Wildman–Crippen LogP) is 4.35. The molecule has 3 rings (SSSR count). The lowest BCUT2D eigenvalue weighted by Crippen LogP contribution is -2.27. The Labute approximate surface area is 191 Å². The average molecular weight is 471 g/mol. The fourth-order valence-corrected chi connectivity index (χ4v) is 4.44. The third-order valence-corrected chi connectivity index (χ3v) is 6.81. The Hall–Kier alpha value is -3.92. The molecule has 0 aromatic heterocycles. The van der Waals surface area contributed by atoms with Crippen molar-refractivity contribution in [2.45, 2.75) is 17.9 Å². The van der Waals surface area contributed by atoms with Crippen LogP contribution in [0.3, 0.4) is 0 Å². The van der Waals surface area contributed by atoms with Crippen molar-refractivity contribution < 1.29 is 27.6 Å². The lowest BCUT2D eigenvalue weighted by atomic mass is 10.1. The summed E-state index contributed by atoms with van der Waals surface area (Å²) in [5, 5.41) is 11.2. The van der Waals surface area contributed by atoms with Crippen LogP contribution in [0.5, 0.6) is 5.75 Å². The van der Waals surface area contributed by atoms with Gasteiger partial charge in [0, 0.05) is 13.1 Å². The van der Waals surface area contributed by atoms with Crippen molar-refractivity contribution in [3.8, 4) is 5.75 Å². The number of nitrogens with zero attached hydrogens (tertiary/aromatic N) is 2. The van der Waals surface area contributed by atoms with Crippen LogP contribution in [0.1, 0.15) is 28.9 Å². The van der Waals surface area contributed by atoms with Crippen molar-refractivity contribution in [3.63, 3.8) is 0 Å². The molecule has 0 N–H and O–H groups in total. The Morgan fingerprint density at radius 2 is 1.61 bits per heavy atom. The number of carbonyl (C=O) groups is 1. The summed E-state index contributed by atoms with van der Waals surface area (Å²) in [6.07, 6.45) is -0.876. The largest absolute Gasteiger partial charge is 0.495 e. The molecule has 0 heterocycles. The van der Waals surface area contributed by atoms with Gasteiger partial charge in [0.15, 0.2) is 0 Å². The van der Waals surface area contributed by atoms with Gasteiger partial charge < -0.3 is 9.47 Å². The minimum Gasteiger partial charge on any atom is -0.495 e. The van der Waals surface area contributed by atoms with Gasteiger partial charge in [-0.3, -0.25) is 14.4 Å². The second kappa shape index (κ2) is 9.70. The summed E-state index contributed by atoms with van der Waals surface area (Å²) in [5.74, 6) is -0.338. The highest BCUT2D eigenvalue weighted by Crippen LogP contribution is 2.31. The zero-order chi connectivity index (χ0) is 24.2. The van der Waals surface area contributed by atoms with Crippen molar-refractivity contribution in [3.05, 3.63) is 94.0 Å². The van der Waals surface area contributed by atoms with Crippen LogP contribution in [0.2, 0.25) is 0 Å². The number of esters is 1. The highest BCUT2D eigenvalue weighted by atomic mass is 32.2. The van der Waals surface area contributed by atoms with Gasteiger partial charge in [0.05, 0.1) is 33.7 Å². The maximum absolute atomic E-state index is 13.0. The molecule has 33 heavy (non-hydrogen) atoms. The van der Waals surface area contributed by atoms with Crippen molar-refractivity contribution in [1.82, 2.24) is 0 Å². The fraction of sp³-hybridized carbons (Fsp3) is 0.174. The van der Waals surface area contributed by atoms with Crippen molar-refractivity contribution in [2.75, 3.05) is 18.5 Å². The molecule has 1 unspecified atom stereocenters. The minimum atomic E-state index is -3.92. The molecule has 0 aliphatic carbocycles. The molecule has 3 aromatic rings. The fourth-order valence-electron chi connectivity index (χ4n) is 3.23. The van der Waals surface area contributed by atoms with Crippen molar-refractivity contribution in [1.29, 1.82) is 0 Å². The Morgan fingerprint density at radius 1 is 1.00 bits per heavy atom. The van der Waals surface area contributed by atoms with Crippen molar-refractivity contribution >= 4 is 27.4 Å². The molecular weight excluding hydrogens is 448 g/mol. The maximum Gasteiger partial charge on any atom is 0.338 e. The van der Waals surface area contributed by atoms with Gasteiger partial charge in [0.25, 0.3) is 15.7 Å². The third-order valence-electron chi connectivity index (χ3n) is 5.03. The molecule has 0 bridgehead atoms. The molecule has 0 aliphatic rings. The Bertz CT molecular complexity index is 1270. The summed E-state index contributed by atoms with van der Waals surface area (Å²) in [6, 6.07) is 17.9. The van der Waals surface area contributed by atoms with Crippen LogP contribution in [-0.2, 0) is 14.8 Å². The van der Waals surface area contributed by atoms with Gasteiger partial charge in [-0.2, -0.15) is 0 Å². The lowest BCUT2D eigenvalue weighted by Gasteiger charge is -2.21. The third kappa shape index (κ3) is 4.96. The van der Waals surface area contributed by atoms with Crippen LogP contribution in [0.25, 0.3) is 0 Å². The number of hydrogen-bond donors (Lipinski definition) is 0. The zero-order valence-corrected chi connectivity index (χ0v) is 19.0. The molecule has 0 radical (unpaired) electrons. The SMILES string of the molecule is COc1ccccc1N(C)S(=O)(=O)c1ccc(C(=O)OC(C)c2ccccc2[N+](=O)[O-])cc1. The number of hydrogen-bond acceptors (Lipinski definition) is 7. The summed E-state index contributed by atoms with van der Waals surface area (Å²) in [6.45, 7) is 1.53. The van der Waals surface area contributed by atoms with Crippen LogP contribution in [0.15, 0.2) is 77.7 Å². The summed E-state index contributed by atoms with van der Waals surface area (Å²) >= 11 is 0. The van der Waals surface area contributed by atoms with Crippen LogP contribution >= 0.6 is 0 Å². The normalized spacial score (nSPS) is 12.0. The second-order valence-electron chi connectivity index (χ2n) is 7.03. The van der Waals surface area contributed by atoms with Crippen LogP contribution in [0.4, 0.5) is 11.4 Å². The number of para-hydroxylation sites is 3. The molecule has 0 amide bonds. The van der Waals surface area contributed by atoms with Gasteiger partial charge in [-0.15, -0.1) is 0 Å². The van der Waals surface area contributed by atoms with E-state index in [-0.39, 0.29) is 21.7 Å². The molecular formula is C23H22N2O7S. The Balaban J connectivity index is 1.79. The van der Waals surface area contributed by atoms with Gasteiger partial charge in [0.1, 0.15) is 11.9 Å². The zero-order valence-electron chi connectivity index (χ0n) is 18.2. The van der Waals surface area contributed by atoms with Gasteiger partial charge in [0.2, 0.25) is 0 Å². The molecule has 0 spiro atoms. The van der Waals surface area contributed by atoms with E-state index in [4.69, 9.17) is 9.47 Å². The van der Waals surface area contributed by atoms with E-state index in [0.29, 0.717) is 11.4 Å². The van der Waals surface area contributed by atoms with Gasteiger partial charge >= 0.3 is 5.97 Å². The highest BCUT2D eigenvalue weighted by Gasteiger charge is 2.25. The standard InChI is InChI=1S/C23H22N2O7S/c1-16(19-8-4-5-9-20(19)25(27)28)32-23(26)17-12-14-18(15-13-17)33(29,30)24(2)21-10-6-7-11-22(21)31-3/h4-16H,1-3H3. The topological polar surface area (TPSA) is 116 Å². The predicted molar refractivity (Wildman–Crippen MR) is 122 cm³/mol. The summed E-state index contributed by atoms with van der Waals surface area (Å²) < 4.78 is 37.8. The quantitative estimate of drug-likeness (QED) is 0.273. The van der Waals surface area contributed by atoms with Crippen LogP contribution < -0.4 is 9.04 Å². The molecule has 9 nitrogen and oxygen atoms in total. The van der Waals surface area contributed by atoms with E-state index >= 15 is 0 Å². The number of anilines is 1. The first-order chi connectivity index (χ1) is 15.7. The average Bonchev–Trinajstić information content (AvgIpc) is 2.83. The molecule has 0 saturated carbocycles. The monoisotopic (exact) mass is 470 g/mol. The van der Waals surface area contributed by atoms with Crippen molar-refractivity contribution in [2.24, 2.45) is 0 Å². The smallest absolute Gasteiger partial charge is 0.338 e. The number of rotatable bonds is 8. The Kier molecular flexibility index (Phi) is 6.98. The van der Waals surface area contributed by atoms with Crippen LogP contribution in [-0.4, -0.2) is 33.5 Å². The van der Waals surface area contributed by atoms with E-state index < -0.39 is 27.0 Å². The Morgan fingerprint density at radius 3 is 2.24 bits per heavy atom. The second-order valence-corrected chi connectivity index (χ2v) is 9.00. The molecule has 0 aliphatic heterocycles.